The molecule has 3 N–H and O–H groups in total. The highest BCUT2D eigenvalue weighted by atomic mass is 32.1. The number of nitrogens with zero attached hydrogens (tertiary/aromatic N) is 1. The molecule has 0 aliphatic carbocycles. The summed E-state index contributed by atoms with van der Waals surface area (Å²) >= 11 is 1.29. The van der Waals surface area contributed by atoms with Gasteiger partial charge in [0.2, 0.25) is 0 Å². The fourth-order valence-electron chi connectivity index (χ4n) is 1.31. The first kappa shape index (κ1) is 16.4. The second kappa shape index (κ2) is 7.23. The van der Waals surface area contributed by atoms with Crippen LogP contribution in [-0.4, -0.2) is 35.2 Å². The van der Waals surface area contributed by atoms with Gasteiger partial charge in [0, 0.05) is 24.9 Å². The SMILES string of the molecule is CCC(C)(C)CNC(=O)NCCc1nc(C(=O)O)cs1. The van der Waals surface area contributed by atoms with Crippen molar-refractivity contribution in [3.8, 4) is 0 Å². The molecule has 112 valence electrons. The monoisotopic (exact) mass is 299 g/mol. The Morgan fingerprint density at radius 1 is 1.40 bits per heavy atom. The lowest BCUT2D eigenvalue weighted by Crippen LogP contribution is -2.41. The Hall–Kier alpha value is -1.63. The average molecular weight is 299 g/mol. The topological polar surface area (TPSA) is 91.3 Å². The van der Waals surface area contributed by atoms with Gasteiger partial charge in [-0.15, -0.1) is 11.3 Å². The third kappa shape index (κ3) is 5.56. The van der Waals surface area contributed by atoms with Gasteiger partial charge >= 0.3 is 12.0 Å². The van der Waals surface area contributed by atoms with Gasteiger partial charge in [-0.05, 0) is 11.8 Å². The zero-order chi connectivity index (χ0) is 15.2. The number of carbonyl (C=O) groups is 2. The number of rotatable bonds is 7. The van der Waals surface area contributed by atoms with Crippen LogP contribution in [0.5, 0.6) is 0 Å². The van der Waals surface area contributed by atoms with E-state index in [2.05, 4.69) is 36.4 Å². The molecule has 1 rings (SSSR count). The van der Waals surface area contributed by atoms with Crippen LogP contribution in [0.15, 0.2) is 5.38 Å². The second-order valence-corrected chi connectivity index (χ2v) is 6.25. The molecule has 0 saturated heterocycles. The molecule has 0 saturated carbocycles. The van der Waals surface area contributed by atoms with Crippen molar-refractivity contribution in [2.45, 2.75) is 33.6 Å². The van der Waals surface area contributed by atoms with Crippen LogP contribution in [-0.2, 0) is 6.42 Å². The van der Waals surface area contributed by atoms with Crippen LogP contribution in [0.4, 0.5) is 4.79 Å². The molecule has 7 heteroatoms. The Balaban J connectivity index is 2.26. The molecule has 0 radical (unpaired) electrons. The van der Waals surface area contributed by atoms with E-state index < -0.39 is 5.97 Å². The van der Waals surface area contributed by atoms with E-state index in [1.807, 2.05) is 0 Å². The van der Waals surface area contributed by atoms with Crippen LogP contribution in [0.3, 0.4) is 0 Å². The number of thiazole rings is 1. The Kier molecular flexibility index (Phi) is 5.94. The summed E-state index contributed by atoms with van der Waals surface area (Å²) in [6.07, 6.45) is 1.52. The van der Waals surface area contributed by atoms with Crippen LogP contribution < -0.4 is 10.6 Å². The van der Waals surface area contributed by atoms with E-state index in [1.165, 1.54) is 16.7 Å². The summed E-state index contributed by atoms with van der Waals surface area (Å²) in [5.41, 5.74) is 0.141. The van der Waals surface area contributed by atoms with Gasteiger partial charge in [0.1, 0.15) is 0 Å². The summed E-state index contributed by atoms with van der Waals surface area (Å²) in [6, 6.07) is -0.207. The first-order valence-electron chi connectivity index (χ1n) is 6.53. The number of carboxylic acid groups (broad SMARTS) is 1. The summed E-state index contributed by atoms with van der Waals surface area (Å²) in [6.45, 7) is 7.33. The van der Waals surface area contributed by atoms with Gasteiger partial charge in [-0.2, -0.15) is 0 Å². The zero-order valence-corrected chi connectivity index (χ0v) is 12.8. The van der Waals surface area contributed by atoms with Crippen molar-refractivity contribution in [3.63, 3.8) is 0 Å². The third-order valence-electron chi connectivity index (χ3n) is 3.08. The summed E-state index contributed by atoms with van der Waals surface area (Å²) < 4.78 is 0. The smallest absolute Gasteiger partial charge is 0.355 e. The quantitative estimate of drug-likeness (QED) is 0.719. The largest absolute Gasteiger partial charge is 0.476 e. The Labute approximate surface area is 122 Å². The predicted octanol–water partition coefficient (Wildman–Crippen LogP) is 2.12. The van der Waals surface area contributed by atoms with Gasteiger partial charge in [0.25, 0.3) is 0 Å². The van der Waals surface area contributed by atoms with Crippen LogP contribution in [0.1, 0.15) is 42.7 Å². The van der Waals surface area contributed by atoms with E-state index in [1.54, 1.807) is 0 Å². The number of nitrogens with one attached hydrogen (secondary N) is 2. The lowest BCUT2D eigenvalue weighted by molar-refractivity contribution is 0.0691. The van der Waals surface area contributed by atoms with Crippen molar-refractivity contribution in [3.05, 3.63) is 16.1 Å². The molecule has 0 atom stereocenters. The summed E-state index contributed by atoms with van der Waals surface area (Å²) in [7, 11) is 0. The van der Waals surface area contributed by atoms with Gasteiger partial charge < -0.3 is 15.7 Å². The van der Waals surface area contributed by atoms with E-state index in [4.69, 9.17) is 5.11 Å². The van der Waals surface area contributed by atoms with Gasteiger partial charge in [0.15, 0.2) is 5.69 Å². The first-order valence-corrected chi connectivity index (χ1v) is 7.41. The predicted molar refractivity (Wildman–Crippen MR) is 78.3 cm³/mol. The molecular weight excluding hydrogens is 278 g/mol. The molecule has 0 aliphatic rings. The fraction of sp³-hybridized carbons (Fsp3) is 0.615. The molecule has 6 nitrogen and oxygen atoms in total. The molecule has 2 amide bonds. The standard InChI is InChI=1S/C13H21N3O3S/c1-4-13(2,3)8-15-12(19)14-6-5-10-16-9(7-20-10)11(17)18/h7H,4-6,8H2,1-3H3,(H,17,18)(H2,14,15,19). The van der Waals surface area contributed by atoms with Gasteiger partial charge in [0.05, 0.1) is 5.01 Å². The van der Waals surface area contributed by atoms with Crippen molar-refractivity contribution in [2.24, 2.45) is 5.41 Å². The molecule has 0 aliphatic heterocycles. The van der Waals surface area contributed by atoms with Crippen molar-refractivity contribution in [2.75, 3.05) is 13.1 Å². The maximum absolute atomic E-state index is 11.6. The number of amides is 2. The van der Waals surface area contributed by atoms with Crippen LogP contribution >= 0.6 is 11.3 Å². The molecule has 20 heavy (non-hydrogen) atoms. The molecule has 0 aromatic carbocycles. The molecule has 1 aromatic heterocycles. The number of carbonyl (C=O) groups excluding carboxylic acids is 1. The summed E-state index contributed by atoms with van der Waals surface area (Å²) in [4.78, 5) is 26.2. The lowest BCUT2D eigenvalue weighted by atomic mass is 9.90. The molecule has 0 bridgehead atoms. The number of hydrogen-bond donors (Lipinski definition) is 3. The van der Waals surface area contributed by atoms with Crippen molar-refractivity contribution >= 4 is 23.3 Å². The Morgan fingerprint density at radius 2 is 2.10 bits per heavy atom. The maximum atomic E-state index is 11.6. The van der Waals surface area contributed by atoms with Gasteiger partial charge in [-0.3, -0.25) is 0 Å². The molecule has 0 spiro atoms. The van der Waals surface area contributed by atoms with E-state index >= 15 is 0 Å². The number of aromatic carboxylic acids is 1. The third-order valence-corrected chi connectivity index (χ3v) is 3.99. The summed E-state index contributed by atoms with van der Waals surface area (Å²) in [5, 5.41) is 16.5. The molecule has 1 heterocycles. The highest BCUT2D eigenvalue weighted by Crippen LogP contribution is 2.17. The maximum Gasteiger partial charge on any atom is 0.355 e. The summed E-state index contributed by atoms with van der Waals surface area (Å²) in [5.74, 6) is -1.03. The van der Waals surface area contributed by atoms with Crippen molar-refractivity contribution < 1.29 is 14.7 Å². The molecule has 0 fully saturated rings. The van der Waals surface area contributed by atoms with E-state index in [0.29, 0.717) is 24.5 Å². The highest BCUT2D eigenvalue weighted by Gasteiger charge is 2.15. The zero-order valence-electron chi connectivity index (χ0n) is 12.0. The second-order valence-electron chi connectivity index (χ2n) is 5.31. The minimum atomic E-state index is -1.03. The normalized spacial score (nSPS) is 11.2. The number of urea groups is 1. The lowest BCUT2D eigenvalue weighted by Gasteiger charge is -2.22. The Bertz CT molecular complexity index is 471. The first-order chi connectivity index (χ1) is 9.34. The molecule has 1 aromatic rings. The minimum Gasteiger partial charge on any atom is -0.476 e. The number of hydrogen-bond acceptors (Lipinski definition) is 4. The molecule has 0 unspecified atom stereocenters. The van der Waals surface area contributed by atoms with Crippen LogP contribution in [0.25, 0.3) is 0 Å². The van der Waals surface area contributed by atoms with Gasteiger partial charge in [-0.25, -0.2) is 14.6 Å². The fourth-order valence-corrected chi connectivity index (χ4v) is 2.09. The van der Waals surface area contributed by atoms with Crippen molar-refractivity contribution in [1.82, 2.24) is 15.6 Å². The number of aromatic nitrogens is 1. The minimum absolute atomic E-state index is 0.0548. The van der Waals surface area contributed by atoms with Crippen molar-refractivity contribution in [1.29, 1.82) is 0 Å². The Morgan fingerprint density at radius 3 is 2.65 bits per heavy atom. The average Bonchev–Trinajstić information content (AvgIpc) is 2.85. The number of carboxylic acids is 1. The van der Waals surface area contributed by atoms with E-state index in [9.17, 15) is 9.59 Å². The van der Waals surface area contributed by atoms with Crippen LogP contribution in [0.2, 0.25) is 0 Å². The van der Waals surface area contributed by atoms with Gasteiger partial charge in [-0.1, -0.05) is 20.8 Å². The highest BCUT2D eigenvalue weighted by molar-refractivity contribution is 7.09. The van der Waals surface area contributed by atoms with E-state index in [0.717, 1.165) is 6.42 Å². The van der Waals surface area contributed by atoms with Crippen LogP contribution in [0, 0.1) is 5.41 Å². The molecular formula is C13H21N3O3S. The van der Waals surface area contributed by atoms with E-state index in [-0.39, 0.29) is 17.1 Å².